The lowest BCUT2D eigenvalue weighted by Gasteiger charge is -2.35. The zero-order valence-electron chi connectivity index (χ0n) is 19.6. The molecule has 35 heavy (non-hydrogen) atoms. The molecule has 2 aliphatic heterocycles. The van der Waals surface area contributed by atoms with Crippen LogP contribution >= 0.6 is 0 Å². The summed E-state index contributed by atoms with van der Waals surface area (Å²) in [6.07, 6.45) is 0.255. The van der Waals surface area contributed by atoms with Crippen molar-refractivity contribution in [3.63, 3.8) is 0 Å². The second-order valence-electron chi connectivity index (χ2n) is 9.66. The van der Waals surface area contributed by atoms with Crippen molar-refractivity contribution >= 4 is 17.4 Å². The van der Waals surface area contributed by atoms with Gasteiger partial charge in [0.1, 0.15) is 11.6 Å². The molecule has 1 aromatic carbocycles. The van der Waals surface area contributed by atoms with Crippen LogP contribution in [0.15, 0.2) is 30.5 Å². The Balaban J connectivity index is 1.50. The van der Waals surface area contributed by atoms with Gasteiger partial charge < -0.3 is 9.80 Å². The van der Waals surface area contributed by atoms with Gasteiger partial charge in [0, 0.05) is 37.5 Å². The Hall–Kier alpha value is -3.17. The minimum absolute atomic E-state index is 0.272. The molecular weight excluding hydrogens is 462 g/mol. The number of nitrogens with zero attached hydrogens (tertiary/aromatic N) is 5. The number of piperidine rings is 1. The van der Waals surface area contributed by atoms with E-state index in [9.17, 15) is 22.4 Å². The van der Waals surface area contributed by atoms with Crippen LogP contribution in [0.4, 0.5) is 23.4 Å². The molecule has 2 aromatic heterocycles. The van der Waals surface area contributed by atoms with Crippen LogP contribution in [0.3, 0.4) is 0 Å². The molecule has 0 unspecified atom stereocenters. The summed E-state index contributed by atoms with van der Waals surface area (Å²) in [5.41, 5.74) is 0.367. The van der Waals surface area contributed by atoms with Gasteiger partial charge in [-0.25, -0.2) is 13.9 Å². The Kier molecular flexibility index (Phi) is 5.93. The SMILES string of the molecule is Cc1cn2nc([C@@H]3CCCCN3C(=O)c3cc(F)ccc3C(F)(F)F)cc2nc1N1CC[C@H](C)C1. The number of hydrogen-bond acceptors (Lipinski definition) is 4. The van der Waals surface area contributed by atoms with Crippen LogP contribution in [-0.2, 0) is 6.18 Å². The van der Waals surface area contributed by atoms with Gasteiger partial charge in [-0.15, -0.1) is 0 Å². The van der Waals surface area contributed by atoms with E-state index >= 15 is 0 Å². The monoisotopic (exact) mass is 489 g/mol. The van der Waals surface area contributed by atoms with E-state index in [1.165, 1.54) is 4.90 Å². The van der Waals surface area contributed by atoms with Crippen LogP contribution in [0.5, 0.6) is 0 Å². The molecule has 2 aliphatic rings. The Morgan fingerprint density at radius 2 is 1.91 bits per heavy atom. The number of carbonyl (C=O) groups excluding carboxylic acids is 1. The number of hydrogen-bond donors (Lipinski definition) is 0. The number of alkyl halides is 3. The first-order valence-electron chi connectivity index (χ1n) is 11.9. The van der Waals surface area contributed by atoms with Gasteiger partial charge in [0.2, 0.25) is 0 Å². The highest BCUT2D eigenvalue weighted by Crippen LogP contribution is 2.37. The summed E-state index contributed by atoms with van der Waals surface area (Å²) in [5.74, 6) is -0.223. The largest absolute Gasteiger partial charge is 0.417 e. The average Bonchev–Trinajstić information content (AvgIpc) is 3.42. The van der Waals surface area contributed by atoms with Crippen molar-refractivity contribution in [2.45, 2.75) is 51.7 Å². The van der Waals surface area contributed by atoms with Gasteiger partial charge in [-0.1, -0.05) is 6.92 Å². The lowest BCUT2D eigenvalue weighted by atomic mass is 9.97. The number of fused-ring (bicyclic) bond motifs is 1. The molecule has 3 aromatic rings. The van der Waals surface area contributed by atoms with Gasteiger partial charge in [-0.2, -0.15) is 18.3 Å². The van der Waals surface area contributed by atoms with Crippen molar-refractivity contribution in [1.82, 2.24) is 19.5 Å². The van der Waals surface area contributed by atoms with Gasteiger partial charge in [-0.05, 0) is 56.7 Å². The molecule has 2 atom stereocenters. The molecule has 1 amide bonds. The number of anilines is 1. The number of aryl methyl sites for hydroxylation is 1. The standard InChI is InChI=1S/C25H27F4N5O/c1-15-8-10-32(13-15)23-16(2)14-34-22(30-23)12-20(31-34)21-5-3-4-9-33(21)24(35)18-11-17(26)6-7-19(18)25(27,28)29/h6-7,11-12,14-15,21H,3-5,8-10,13H2,1-2H3/t15-,21-/m0/s1. The predicted molar refractivity (Wildman–Crippen MR) is 123 cm³/mol. The van der Waals surface area contributed by atoms with Gasteiger partial charge in [0.25, 0.3) is 5.91 Å². The summed E-state index contributed by atoms with van der Waals surface area (Å²) in [5, 5.41) is 4.64. The molecule has 0 aliphatic carbocycles. The minimum atomic E-state index is -4.77. The summed E-state index contributed by atoms with van der Waals surface area (Å²) >= 11 is 0. The number of carbonyl (C=O) groups is 1. The van der Waals surface area contributed by atoms with Crippen LogP contribution in [0.2, 0.25) is 0 Å². The molecule has 10 heteroatoms. The van der Waals surface area contributed by atoms with E-state index in [-0.39, 0.29) is 6.54 Å². The molecule has 186 valence electrons. The number of aromatic nitrogens is 3. The predicted octanol–water partition coefficient (Wildman–Crippen LogP) is 5.41. The maximum absolute atomic E-state index is 13.9. The third-order valence-corrected chi connectivity index (χ3v) is 6.97. The van der Waals surface area contributed by atoms with E-state index in [4.69, 9.17) is 4.98 Å². The quantitative estimate of drug-likeness (QED) is 0.462. The van der Waals surface area contributed by atoms with Gasteiger partial charge in [0.05, 0.1) is 22.9 Å². The van der Waals surface area contributed by atoms with Crippen molar-refractivity contribution in [2.75, 3.05) is 24.5 Å². The fraction of sp³-hybridized carbons (Fsp3) is 0.480. The molecule has 4 heterocycles. The summed E-state index contributed by atoms with van der Waals surface area (Å²) in [7, 11) is 0. The first-order valence-corrected chi connectivity index (χ1v) is 11.9. The number of likely N-dealkylation sites (tertiary alicyclic amines) is 1. The normalized spacial score (nSPS) is 21.2. The van der Waals surface area contributed by atoms with Crippen molar-refractivity contribution in [3.05, 3.63) is 58.7 Å². The molecule has 2 fully saturated rings. The Bertz CT molecular complexity index is 1270. The van der Waals surface area contributed by atoms with Gasteiger partial charge >= 0.3 is 6.18 Å². The maximum atomic E-state index is 13.9. The highest BCUT2D eigenvalue weighted by Gasteiger charge is 2.39. The zero-order chi connectivity index (χ0) is 24.9. The van der Waals surface area contributed by atoms with Crippen molar-refractivity contribution in [1.29, 1.82) is 0 Å². The van der Waals surface area contributed by atoms with Gasteiger partial charge in [-0.3, -0.25) is 4.79 Å². The van der Waals surface area contributed by atoms with E-state index in [1.807, 2.05) is 13.1 Å². The molecule has 0 N–H and O–H groups in total. The van der Waals surface area contributed by atoms with E-state index in [2.05, 4.69) is 16.9 Å². The molecule has 0 saturated carbocycles. The van der Waals surface area contributed by atoms with E-state index in [0.29, 0.717) is 42.2 Å². The lowest BCUT2D eigenvalue weighted by molar-refractivity contribution is -0.138. The van der Waals surface area contributed by atoms with Crippen LogP contribution < -0.4 is 4.90 Å². The summed E-state index contributed by atoms with van der Waals surface area (Å²) in [4.78, 5) is 21.8. The second-order valence-corrected chi connectivity index (χ2v) is 9.66. The number of benzene rings is 1. The first-order chi connectivity index (χ1) is 16.6. The molecule has 2 saturated heterocycles. The summed E-state index contributed by atoms with van der Waals surface area (Å²) < 4.78 is 56.3. The molecule has 0 spiro atoms. The average molecular weight is 490 g/mol. The van der Waals surface area contributed by atoms with Crippen molar-refractivity contribution in [2.24, 2.45) is 5.92 Å². The summed E-state index contributed by atoms with van der Waals surface area (Å²) in [6, 6.07) is 3.31. The molecular formula is C25H27F4N5O. The fourth-order valence-corrected chi connectivity index (χ4v) is 5.21. The minimum Gasteiger partial charge on any atom is -0.356 e. The Morgan fingerprint density at radius 3 is 2.63 bits per heavy atom. The zero-order valence-corrected chi connectivity index (χ0v) is 19.6. The van der Waals surface area contributed by atoms with Crippen molar-refractivity contribution < 1.29 is 22.4 Å². The van der Waals surface area contributed by atoms with Crippen LogP contribution in [0, 0.1) is 18.7 Å². The van der Waals surface area contributed by atoms with Crippen molar-refractivity contribution in [3.8, 4) is 0 Å². The Morgan fingerprint density at radius 1 is 1.11 bits per heavy atom. The molecule has 0 radical (unpaired) electrons. The third-order valence-electron chi connectivity index (χ3n) is 6.97. The lowest BCUT2D eigenvalue weighted by Crippen LogP contribution is -2.39. The van der Waals surface area contributed by atoms with E-state index in [0.717, 1.165) is 43.4 Å². The van der Waals surface area contributed by atoms with E-state index < -0.39 is 35.1 Å². The topological polar surface area (TPSA) is 53.7 Å². The van der Waals surface area contributed by atoms with E-state index in [1.54, 1.807) is 10.6 Å². The second kappa shape index (κ2) is 8.80. The first kappa shape index (κ1) is 23.6. The Labute approximate surface area is 200 Å². The maximum Gasteiger partial charge on any atom is 0.417 e. The third kappa shape index (κ3) is 4.46. The molecule has 0 bridgehead atoms. The van der Waals surface area contributed by atoms with Crippen LogP contribution in [0.25, 0.3) is 5.65 Å². The fourth-order valence-electron chi connectivity index (χ4n) is 5.21. The van der Waals surface area contributed by atoms with Crippen LogP contribution in [0.1, 0.15) is 65.8 Å². The molecule has 6 nitrogen and oxygen atoms in total. The number of amides is 1. The summed E-state index contributed by atoms with van der Waals surface area (Å²) in [6.45, 7) is 6.33. The van der Waals surface area contributed by atoms with Gasteiger partial charge in [0.15, 0.2) is 5.65 Å². The molecule has 5 rings (SSSR count). The number of halogens is 4. The highest BCUT2D eigenvalue weighted by atomic mass is 19.4. The van der Waals surface area contributed by atoms with Crippen LogP contribution in [-0.4, -0.2) is 45.0 Å². The smallest absolute Gasteiger partial charge is 0.356 e. The number of rotatable bonds is 3. The highest BCUT2D eigenvalue weighted by molar-refractivity contribution is 5.96.